The number of rotatable bonds is 49. The topological polar surface area (TPSA) is 203 Å². The molecule has 1 unspecified atom stereocenters. The molecule has 348 valence electrons. The summed E-state index contributed by atoms with van der Waals surface area (Å²) in [5, 5.41) is 14.0. The van der Waals surface area contributed by atoms with Crippen LogP contribution >= 0.6 is 11.8 Å². The number of nitrogens with one attached hydrogen (secondary N) is 2. The van der Waals surface area contributed by atoms with E-state index in [1.54, 1.807) is 7.11 Å². The van der Waals surface area contributed by atoms with E-state index < -0.39 is 17.9 Å². The Labute approximate surface area is 360 Å². The number of ether oxygens (including phenoxy) is 7. The molecule has 0 saturated heterocycles. The smallest absolute Gasteiger partial charge is 0.329 e. The number of hydrogen-bond acceptors (Lipinski definition) is 12. The Hall–Kier alpha value is -2.05. The number of primary amides is 1. The van der Waals surface area contributed by atoms with Crippen LogP contribution in [0.25, 0.3) is 0 Å². The molecule has 0 aliphatic rings. The standard InChI is InChI=1S/C43H83N3O12S/c1-52-25-26-54-29-30-55-28-27-53-24-18-12-8-4-2-5-9-13-19-35-59-36-20-14-10-6-3-7-11-15-22-40(47)46-39(43(44)51)21-16-17-23-45-41(48)37-57-33-31-56-32-34-58-38-42(49)50/h39H,2-38H2,1H3,(H2,44,51)(H,45,48)(H,46,47)(H,49,50). The van der Waals surface area contributed by atoms with Gasteiger partial charge in [-0.2, -0.15) is 11.8 Å². The monoisotopic (exact) mass is 866 g/mol. The lowest BCUT2D eigenvalue weighted by molar-refractivity contribution is -0.142. The van der Waals surface area contributed by atoms with Gasteiger partial charge in [0.1, 0.15) is 19.3 Å². The van der Waals surface area contributed by atoms with Crippen molar-refractivity contribution in [2.24, 2.45) is 5.73 Å². The molecule has 0 aromatic rings. The van der Waals surface area contributed by atoms with Crippen LogP contribution in [0.2, 0.25) is 0 Å². The van der Waals surface area contributed by atoms with Gasteiger partial charge in [0.05, 0.1) is 66.1 Å². The Morgan fingerprint density at radius 1 is 0.508 bits per heavy atom. The van der Waals surface area contributed by atoms with Gasteiger partial charge < -0.3 is 54.6 Å². The number of carboxylic acid groups (broad SMARTS) is 1. The molecule has 0 aliphatic heterocycles. The fourth-order valence-electron chi connectivity index (χ4n) is 5.95. The van der Waals surface area contributed by atoms with Gasteiger partial charge in [-0.1, -0.05) is 83.5 Å². The molecule has 15 nitrogen and oxygen atoms in total. The fourth-order valence-corrected chi connectivity index (χ4v) is 6.97. The first kappa shape index (κ1) is 57.0. The second-order valence-electron chi connectivity index (χ2n) is 14.7. The Morgan fingerprint density at radius 2 is 0.949 bits per heavy atom. The molecular formula is C43H83N3O12S. The molecule has 0 saturated carbocycles. The van der Waals surface area contributed by atoms with Gasteiger partial charge in [-0.25, -0.2) is 4.79 Å². The van der Waals surface area contributed by atoms with E-state index >= 15 is 0 Å². The highest BCUT2D eigenvalue weighted by Gasteiger charge is 2.17. The molecular weight excluding hydrogens is 783 g/mol. The molecule has 0 heterocycles. The number of carbonyl (C=O) groups excluding carboxylic acids is 3. The highest BCUT2D eigenvalue weighted by Crippen LogP contribution is 2.15. The van der Waals surface area contributed by atoms with Gasteiger partial charge in [-0.3, -0.25) is 14.4 Å². The Morgan fingerprint density at radius 3 is 1.46 bits per heavy atom. The van der Waals surface area contributed by atoms with Crippen molar-refractivity contribution in [3.8, 4) is 0 Å². The van der Waals surface area contributed by atoms with E-state index in [2.05, 4.69) is 22.4 Å². The summed E-state index contributed by atoms with van der Waals surface area (Å²) in [6, 6.07) is -0.710. The molecule has 59 heavy (non-hydrogen) atoms. The highest BCUT2D eigenvalue weighted by molar-refractivity contribution is 7.99. The van der Waals surface area contributed by atoms with Gasteiger partial charge in [0.15, 0.2) is 0 Å². The number of nitrogens with two attached hydrogens (primary N) is 1. The number of carboxylic acids is 1. The number of methoxy groups -OCH3 is 1. The van der Waals surface area contributed by atoms with E-state index in [9.17, 15) is 19.2 Å². The third-order valence-electron chi connectivity index (χ3n) is 9.32. The first-order valence-corrected chi connectivity index (χ1v) is 23.6. The van der Waals surface area contributed by atoms with Crippen molar-refractivity contribution in [1.29, 1.82) is 0 Å². The highest BCUT2D eigenvalue weighted by atomic mass is 32.2. The second-order valence-corrected chi connectivity index (χ2v) is 15.9. The summed E-state index contributed by atoms with van der Waals surface area (Å²) in [6.07, 6.45) is 23.1. The van der Waals surface area contributed by atoms with Gasteiger partial charge in [-0.15, -0.1) is 0 Å². The van der Waals surface area contributed by atoms with E-state index in [1.165, 1.54) is 95.0 Å². The summed E-state index contributed by atoms with van der Waals surface area (Å²) in [4.78, 5) is 46.5. The van der Waals surface area contributed by atoms with E-state index in [0.717, 1.165) is 32.3 Å². The predicted octanol–water partition coefficient (Wildman–Crippen LogP) is 5.83. The van der Waals surface area contributed by atoms with Gasteiger partial charge in [0.25, 0.3) is 0 Å². The van der Waals surface area contributed by atoms with Gasteiger partial charge in [0, 0.05) is 26.7 Å². The quantitative estimate of drug-likeness (QED) is 0.0533. The summed E-state index contributed by atoms with van der Waals surface area (Å²) in [7, 11) is 1.67. The lowest BCUT2D eigenvalue weighted by Gasteiger charge is -2.15. The zero-order valence-electron chi connectivity index (χ0n) is 36.7. The first-order valence-electron chi connectivity index (χ1n) is 22.5. The summed E-state index contributed by atoms with van der Waals surface area (Å²) in [5.74, 6) is 0.565. The van der Waals surface area contributed by atoms with Crippen LogP contribution in [-0.2, 0) is 52.3 Å². The summed E-state index contributed by atoms with van der Waals surface area (Å²) >= 11 is 2.11. The molecule has 3 amide bonds. The number of amides is 3. The van der Waals surface area contributed by atoms with Crippen LogP contribution < -0.4 is 16.4 Å². The van der Waals surface area contributed by atoms with Crippen LogP contribution in [0.3, 0.4) is 0 Å². The van der Waals surface area contributed by atoms with E-state index in [0.29, 0.717) is 71.9 Å². The molecule has 1 atom stereocenters. The Balaban J connectivity index is 3.43. The number of carbonyl (C=O) groups is 4. The molecule has 0 fully saturated rings. The average Bonchev–Trinajstić information content (AvgIpc) is 3.21. The van der Waals surface area contributed by atoms with Crippen molar-refractivity contribution >= 4 is 35.5 Å². The maximum absolute atomic E-state index is 12.4. The Bertz CT molecular complexity index is 969. The number of aliphatic carboxylic acids is 1. The van der Waals surface area contributed by atoms with Crippen LogP contribution in [-0.4, -0.2) is 146 Å². The van der Waals surface area contributed by atoms with Crippen molar-refractivity contribution in [2.75, 3.05) is 111 Å². The average molecular weight is 866 g/mol. The lowest BCUT2D eigenvalue weighted by atomic mass is 10.1. The van der Waals surface area contributed by atoms with Crippen LogP contribution in [0, 0.1) is 0 Å². The van der Waals surface area contributed by atoms with Crippen LogP contribution in [0.1, 0.15) is 135 Å². The van der Waals surface area contributed by atoms with E-state index in [1.807, 2.05) is 0 Å². The second kappa shape index (κ2) is 47.0. The van der Waals surface area contributed by atoms with Gasteiger partial charge in [0.2, 0.25) is 17.7 Å². The summed E-state index contributed by atoms with van der Waals surface area (Å²) in [6.45, 7) is 5.38. The Kier molecular flexibility index (Phi) is 45.4. The molecule has 5 N–H and O–H groups in total. The van der Waals surface area contributed by atoms with Crippen LogP contribution in [0.5, 0.6) is 0 Å². The number of thioether (sulfide) groups is 1. The number of unbranched alkanes of at least 4 members (excludes halogenated alkanes) is 16. The predicted molar refractivity (Wildman–Crippen MR) is 233 cm³/mol. The van der Waals surface area contributed by atoms with Gasteiger partial charge in [-0.05, 0) is 56.5 Å². The molecule has 0 rings (SSSR count). The largest absolute Gasteiger partial charge is 0.480 e. The van der Waals surface area contributed by atoms with Crippen molar-refractivity contribution in [2.45, 2.75) is 141 Å². The molecule has 16 heteroatoms. The molecule has 0 aromatic carbocycles. The molecule has 0 spiro atoms. The van der Waals surface area contributed by atoms with Crippen molar-refractivity contribution < 1.29 is 57.4 Å². The molecule has 0 aromatic heterocycles. The van der Waals surface area contributed by atoms with Crippen LogP contribution in [0.15, 0.2) is 0 Å². The third kappa shape index (κ3) is 46.9. The molecule has 0 bridgehead atoms. The van der Waals surface area contributed by atoms with Crippen LogP contribution in [0.4, 0.5) is 0 Å². The third-order valence-corrected chi connectivity index (χ3v) is 10.5. The summed E-state index contributed by atoms with van der Waals surface area (Å²) < 4.78 is 36.7. The minimum absolute atomic E-state index is 0.105. The fraction of sp³-hybridized carbons (Fsp3) is 0.907. The van der Waals surface area contributed by atoms with E-state index in [4.69, 9.17) is 44.0 Å². The zero-order valence-corrected chi connectivity index (χ0v) is 37.5. The maximum Gasteiger partial charge on any atom is 0.329 e. The minimum Gasteiger partial charge on any atom is -0.480 e. The van der Waals surface area contributed by atoms with Crippen molar-refractivity contribution in [1.82, 2.24) is 10.6 Å². The molecule has 0 aliphatic carbocycles. The van der Waals surface area contributed by atoms with Crippen molar-refractivity contribution in [3.63, 3.8) is 0 Å². The summed E-state index contributed by atoms with van der Waals surface area (Å²) in [5.41, 5.74) is 5.52. The van der Waals surface area contributed by atoms with E-state index in [-0.39, 0.29) is 51.5 Å². The lowest BCUT2D eigenvalue weighted by Crippen LogP contribution is -2.44. The minimum atomic E-state index is -1.04. The normalized spacial score (nSPS) is 11.8. The van der Waals surface area contributed by atoms with Crippen molar-refractivity contribution in [3.05, 3.63) is 0 Å². The molecule has 0 radical (unpaired) electrons. The first-order chi connectivity index (χ1) is 28.9. The number of hydrogen-bond donors (Lipinski definition) is 4. The SMILES string of the molecule is COCCOCCOCCOCCCCCCCCCCCSCCCCCCCCCCC(=O)NC(CCCCNC(=O)COCCOCCOCC(=O)O)C(N)=O. The maximum atomic E-state index is 12.4. The zero-order chi connectivity index (χ0) is 43.1. The van der Waals surface area contributed by atoms with Gasteiger partial charge >= 0.3 is 5.97 Å².